The molecular weight excluding hydrogens is 190 g/mol. The molecule has 0 spiro atoms. The molecule has 0 aromatic carbocycles. The van der Waals surface area contributed by atoms with Crippen molar-refractivity contribution >= 4 is 5.96 Å². The van der Waals surface area contributed by atoms with Crippen LogP contribution in [0.2, 0.25) is 0 Å². The van der Waals surface area contributed by atoms with Gasteiger partial charge in [-0.15, -0.1) is 0 Å². The monoisotopic (exact) mass is 207 g/mol. The van der Waals surface area contributed by atoms with Crippen molar-refractivity contribution in [3.63, 3.8) is 0 Å². The average molecular weight is 207 g/mol. The Morgan fingerprint density at radius 2 is 2.47 bits per heavy atom. The van der Waals surface area contributed by atoms with E-state index < -0.39 is 0 Å². The van der Waals surface area contributed by atoms with E-state index in [1.807, 2.05) is 16.9 Å². The molecule has 0 unspecified atom stereocenters. The van der Waals surface area contributed by atoms with Gasteiger partial charge in [-0.05, 0) is 18.9 Å². The van der Waals surface area contributed by atoms with Gasteiger partial charge >= 0.3 is 0 Å². The molecule has 2 rings (SSSR count). The minimum absolute atomic E-state index is 0.640. The van der Waals surface area contributed by atoms with Crippen LogP contribution in [0.1, 0.15) is 12.8 Å². The zero-order valence-corrected chi connectivity index (χ0v) is 8.98. The Bertz CT molecular complexity index is 313. The van der Waals surface area contributed by atoms with E-state index in [1.165, 1.54) is 12.8 Å². The Morgan fingerprint density at radius 1 is 1.60 bits per heavy atom. The van der Waals surface area contributed by atoms with Crippen molar-refractivity contribution < 1.29 is 0 Å². The lowest BCUT2D eigenvalue weighted by Gasteiger charge is -2.10. The van der Waals surface area contributed by atoms with Gasteiger partial charge in [0.1, 0.15) is 0 Å². The summed E-state index contributed by atoms with van der Waals surface area (Å²) in [6.07, 6.45) is 6.27. The summed E-state index contributed by atoms with van der Waals surface area (Å²) in [6.45, 7) is 1.70. The van der Waals surface area contributed by atoms with Crippen molar-refractivity contribution in [3.8, 4) is 0 Å². The van der Waals surface area contributed by atoms with Crippen LogP contribution in [0.3, 0.4) is 0 Å². The number of nitrogens with zero attached hydrogens (tertiary/aromatic N) is 3. The molecule has 0 atom stereocenters. The van der Waals surface area contributed by atoms with Crippen LogP contribution in [-0.4, -0.2) is 35.4 Å². The van der Waals surface area contributed by atoms with Crippen LogP contribution < -0.4 is 10.6 Å². The minimum Gasteiger partial charge on any atom is -0.355 e. The lowest BCUT2D eigenvalue weighted by atomic mass is 10.6. The second kappa shape index (κ2) is 4.82. The van der Waals surface area contributed by atoms with Crippen LogP contribution in [0.15, 0.2) is 23.5 Å². The van der Waals surface area contributed by atoms with Crippen LogP contribution in [0.25, 0.3) is 0 Å². The Balaban J connectivity index is 1.67. The molecule has 82 valence electrons. The summed E-state index contributed by atoms with van der Waals surface area (Å²) >= 11 is 0. The maximum absolute atomic E-state index is 4.15. The first-order chi connectivity index (χ1) is 7.38. The molecule has 1 aliphatic rings. The summed E-state index contributed by atoms with van der Waals surface area (Å²) in [7, 11) is 1.80. The minimum atomic E-state index is 0.640. The third kappa shape index (κ3) is 3.27. The first-order valence-electron chi connectivity index (χ1n) is 5.33. The van der Waals surface area contributed by atoms with E-state index in [0.29, 0.717) is 6.04 Å². The fourth-order valence-electron chi connectivity index (χ4n) is 1.34. The number of rotatable bonds is 4. The lowest BCUT2D eigenvalue weighted by Crippen LogP contribution is -2.39. The van der Waals surface area contributed by atoms with Gasteiger partial charge in [-0.2, -0.15) is 5.10 Å². The fraction of sp³-hybridized carbons (Fsp3) is 0.600. The van der Waals surface area contributed by atoms with Gasteiger partial charge in [-0.1, -0.05) is 0 Å². The van der Waals surface area contributed by atoms with Crippen LogP contribution >= 0.6 is 0 Å². The molecule has 1 saturated carbocycles. The predicted octanol–water partition coefficient (Wildman–Crippen LogP) is 0.210. The first-order valence-corrected chi connectivity index (χ1v) is 5.33. The molecule has 5 nitrogen and oxygen atoms in total. The van der Waals surface area contributed by atoms with Crippen molar-refractivity contribution in [2.45, 2.75) is 25.4 Å². The number of aromatic nitrogens is 2. The van der Waals surface area contributed by atoms with Crippen molar-refractivity contribution in [1.82, 2.24) is 20.4 Å². The van der Waals surface area contributed by atoms with E-state index in [2.05, 4.69) is 20.7 Å². The number of guanidine groups is 1. The zero-order chi connectivity index (χ0) is 10.5. The quantitative estimate of drug-likeness (QED) is 0.548. The second-order valence-corrected chi connectivity index (χ2v) is 3.69. The van der Waals surface area contributed by atoms with E-state index >= 15 is 0 Å². The van der Waals surface area contributed by atoms with Crippen molar-refractivity contribution in [2.75, 3.05) is 13.6 Å². The summed E-state index contributed by atoms with van der Waals surface area (Å²) < 4.78 is 1.90. The molecule has 1 aromatic rings. The zero-order valence-electron chi connectivity index (χ0n) is 8.98. The topological polar surface area (TPSA) is 54.2 Å². The van der Waals surface area contributed by atoms with Crippen LogP contribution in [0.4, 0.5) is 0 Å². The Morgan fingerprint density at radius 3 is 3.07 bits per heavy atom. The van der Waals surface area contributed by atoms with Crippen LogP contribution in [0.5, 0.6) is 0 Å². The van der Waals surface area contributed by atoms with Crippen LogP contribution in [-0.2, 0) is 6.54 Å². The van der Waals surface area contributed by atoms with Gasteiger partial charge in [0.05, 0.1) is 6.54 Å². The summed E-state index contributed by atoms with van der Waals surface area (Å²) in [4.78, 5) is 4.15. The molecule has 0 bridgehead atoms. The van der Waals surface area contributed by atoms with Gasteiger partial charge in [0.2, 0.25) is 0 Å². The lowest BCUT2D eigenvalue weighted by molar-refractivity contribution is 0.597. The normalized spacial score (nSPS) is 16.5. The highest BCUT2D eigenvalue weighted by Gasteiger charge is 2.21. The molecule has 15 heavy (non-hydrogen) atoms. The predicted molar refractivity (Wildman–Crippen MR) is 59.7 cm³/mol. The van der Waals surface area contributed by atoms with Crippen LogP contribution in [0, 0.1) is 0 Å². The molecule has 5 heteroatoms. The van der Waals surface area contributed by atoms with Gasteiger partial charge in [-0.25, -0.2) is 0 Å². The number of nitrogens with one attached hydrogen (secondary N) is 2. The fourth-order valence-corrected chi connectivity index (χ4v) is 1.34. The SMILES string of the molecule is CN=C(NCCn1cccn1)NC1CC1. The smallest absolute Gasteiger partial charge is 0.191 e. The summed E-state index contributed by atoms with van der Waals surface area (Å²) in [5.41, 5.74) is 0. The highest BCUT2D eigenvalue weighted by Crippen LogP contribution is 2.18. The molecule has 0 saturated heterocycles. The van der Waals surface area contributed by atoms with E-state index in [1.54, 1.807) is 13.2 Å². The van der Waals surface area contributed by atoms with Gasteiger partial charge in [-0.3, -0.25) is 9.67 Å². The largest absolute Gasteiger partial charge is 0.355 e. The Labute approximate surface area is 89.6 Å². The molecule has 0 amide bonds. The van der Waals surface area contributed by atoms with Crippen molar-refractivity contribution in [1.29, 1.82) is 0 Å². The second-order valence-electron chi connectivity index (χ2n) is 3.69. The third-order valence-corrected chi connectivity index (χ3v) is 2.33. The summed E-state index contributed by atoms with van der Waals surface area (Å²) in [5, 5.41) is 10.7. The molecule has 0 aliphatic heterocycles. The molecule has 1 heterocycles. The molecule has 1 fully saturated rings. The highest BCUT2D eigenvalue weighted by molar-refractivity contribution is 5.80. The molecular formula is C10H17N5. The maximum Gasteiger partial charge on any atom is 0.191 e. The molecule has 1 aliphatic carbocycles. The molecule has 1 aromatic heterocycles. The number of aliphatic imine (C=N–C) groups is 1. The van der Waals surface area contributed by atoms with Gasteiger partial charge in [0.15, 0.2) is 5.96 Å². The van der Waals surface area contributed by atoms with Crippen molar-refractivity contribution in [2.24, 2.45) is 4.99 Å². The van der Waals surface area contributed by atoms with Gasteiger partial charge < -0.3 is 10.6 Å². The number of hydrogen-bond donors (Lipinski definition) is 2. The number of hydrogen-bond acceptors (Lipinski definition) is 2. The summed E-state index contributed by atoms with van der Waals surface area (Å²) in [6, 6.07) is 2.57. The highest BCUT2D eigenvalue weighted by atomic mass is 15.3. The van der Waals surface area contributed by atoms with Gasteiger partial charge in [0.25, 0.3) is 0 Å². The first kappa shape index (κ1) is 10.0. The van der Waals surface area contributed by atoms with E-state index in [9.17, 15) is 0 Å². The van der Waals surface area contributed by atoms with Gasteiger partial charge in [0, 0.05) is 32.0 Å². The Hall–Kier alpha value is -1.52. The van der Waals surface area contributed by atoms with E-state index in [-0.39, 0.29) is 0 Å². The standard InChI is InChI=1S/C10H17N5/c1-11-10(14-9-3-4-9)12-6-8-15-7-2-5-13-15/h2,5,7,9H,3-4,6,8H2,1H3,(H2,11,12,14). The molecule has 0 radical (unpaired) electrons. The Kier molecular flexibility index (Phi) is 3.22. The van der Waals surface area contributed by atoms with Crippen molar-refractivity contribution in [3.05, 3.63) is 18.5 Å². The average Bonchev–Trinajstić information content (AvgIpc) is 2.91. The maximum atomic E-state index is 4.15. The van der Waals surface area contributed by atoms with E-state index in [4.69, 9.17) is 0 Å². The third-order valence-electron chi connectivity index (χ3n) is 2.33. The van der Waals surface area contributed by atoms with E-state index in [0.717, 1.165) is 19.0 Å². The summed E-state index contributed by atoms with van der Waals surface area (Å²) in [5.74, 6) is 0.893. The molecule has 2 N–H and O–H groups in total.